The van der Waals surface area contributed by atoms with E-state index >= 15 is 0 Å². The molecule has 17 heavy (non-hydrogen) atoms. The number of hydrogen-bond donors (Lipinski definition) is 2. The van der Waals surface area contributed by atoms with Gasteiger partial charge in [-0.1, -0.05) is 30.3 Å². The first kappa shape index (κ1) is 14.2. The van der Waals surface area contributed by atoms with Crippen molar-refractivity contribution in [3.8, 4) is 0 Å². The maximum atomic E-state index is 10.1. The highest BCUT2D eigenvalue weighted by molar-refractivity contribution is 5.27. The van der Waals surface area contributed by atoms with Gasteiger partial charge in [0.25, 0.3) is 0 Å². The van der Waals surface area contributed by atoms with Gasteiger partial charge in [-0.2, -0.15) is 0 Å². The van der Waals surface area contributed by atoms with E-state index in [1.807, 2.05) is 37.3 Å². The van der Waals surface area contributed by atoms with Crippen LogP contribution in [-0.4, -0.2) is 31.0 Å². The van der Waals surface area contributed by atoms with Crippen LogP contribution in [-0.2, 0) is 10.2 Å². The molecule has 0 saturated heterocycles. The van der Waals surface area contributed by atoms with Gasteiger partial charge in [-0.3, -0.25) is 0 Å². The minimum Gasteiger partial charge on any atom is -0.392 e. The van der Waals surface area contributed by atoms with Crippen LogP contribution in [0.5, 0.6) is 0 Å². The summed E-state index contributed by atoms with van der Waals surface area (Å²) in [5, 5.41) is 10.1. The van der Waals surface area contributed by atoms with Gasteiger partial charge in [0.2, 0.25) is 0 Å². The van der Waals surface area contributed by atoms with Crippen molar-refractivity contribution in [2.24, 2.45) is 5.73 Å². The van der Waals surface area contributed by atoms with Crippen LogP contribution >= 0.6 is 0 Å². The highest BCUT2D eigenvalue weighted by atomic mass is 16.5. The van der Waals surface area contributed by atoms with Crippen LogP contribution in [0.1, 0.15) is 25.8 Å². The standard InChI is InChI=1S/C14H23NO2/c1-3-17-10-9-14(11-15,12(2)16)13-7-5-4-6-8-13/h4-8,12,16H,3,9-11,15H2,1-2H3. The summed E-state index contributed by atoms with van der Waals surface area (Å²) in [6.45, 7) is 5.49. The van der Waals surface area contributed by atoms with E-state index in [0.29, 0.717) is 19.8 Å². The van der Waals surface area contributed by atoms with Crippen LogP contribution in [0.15, 0.2) is 30.3 Å². The van der Waals surface area contributed by atoms with Gasteiger partial charge < -0.3 is 15.6 Å². The fourth-order valence-corrected chi connectivity index (χ4v) is 2.15. The molecule has 3 N–H and O–H groups in total. The smallest absolute Gasteiger partial charge is 0.0621 e. The molecule has 0 radical (unpaired) electrons. The van der Waals surface area contributed by atoms with Gasteiger partial charge in [0.15, 0.2) is 0 Å². The summed E-state index contributed by atoms with van der Waals surface area (Å²) >= 11 is 0. The van der Waals surface area contributed by atoms with E-state index in [9.17, 15) is 5.11 Å². The van der Waals surface area contributed by atoms with E-state index in [0.717, 1.165) is 12.0 Å². The van der Waals surface area contributed by atoms with E-state index in [2.05, 4.69) is 0 Å². The third kappa shape index (κ3) is 3.28. The Morgan fingerprint density at radius 3 is 2.47 bits per heavy atom. The third-order valence-corrected chi connectivity index (χ3v) is 3.41. The van der Waals surface area contributed by atoms with Crippen molar-refractivity contribution in [3.63, 3.8) is 0 Å². The average molecular weight is 237 g/mol. The molecule has 0 bridgehead atoms. The zero-order chi connectivity index (χ0) is 12.7. The number of hydrogen-bond acceptors (Lipinski definition) is 3. The van der Waals surface area contributed by atoms with E-state index in [-0.39, 0.29) is 0 Å². The predicted molar refractivity (Wildman–Crippen MR) is 70.0 cm³/mol. The van der Waals surface area contributed by atoms with E-state index in [1.54, 1.807) is 6.92 Å². The van der Waals surface area contributed by atoms with Crippen LogP contribution in [0, 0.1) is 0 Å². The molecular weight excluding hydrogens is 214 g/mol. The van der Waals surface area contributed by atoms with Crippen molar-refractivity contribution >= 4 is 0 Å². The van der Waals surface area contributed by atoms with Gasteiger partial charge in [0.05, 0.1) is 6.10 Å². The molecule has 96 valence electrons. The summed E-state index contributed by atoms with van der Waals surface area (Å²) < 4.78 is 5.40. The Morgan fingerprint density at radius 2 is 2.00 bits per heavy atom. The number of nitrogens with two attached hydrogens (primary N) is 1. The molecule has 0 aliphatic heterocycles. The first-order valence-electron chi connectivity index (χ1n) is 6.18. The van der Waals surface area contributed by atoms with Gasteiger partial charge in [-0.25, -0.2) is 0 Å². The molecule has 1 aromatic rings. The summed E-state index contributed by atoms with van der Waals surface area (Å²) in [4.78, 5) is 0. The van der Waals surface area contributed by atoms with Gasteiger partial charge in [-0.05, 0) is 25.8 Å². The Morgan fingerprint density at radius 1 is 1.35 bits per heavy atom. The second kappa shape index (κ2) is 6.74. The lowest BCUT2D eigenvalue weighted by atomic mass is 9.74. The molecule has 2 unspecified atom stereocenters. The Hall–Kier alpha value is -0.900. The van der Waals surface area contributed by atoms with E-state index < -0.39 is 11.5 Å². The molecule has 0 aliphatic rings. The molecular formula is C14H23NO2. The summed E-state index contributed by atoms with van der Waals surface area (Å²) in [5.41, 5.74) is 6.58. The van der Waals surface area contributed by atoms with Crippen LogP contribution in [0.4, 0.5) is 0 Å². The Kier molecular flexibility index (Phi) is 5.62. The zero-order valence-electron chi connectivity index (χ0n) is 10.7. The van der Waals surface area contributed by atoms with Crippen molar-refractivity contribution in [3.05, 3.63) is 35.9 Å². The second-order valence-electron chi connectivity index (χ2n) is 4.35. The van der Waals surface area contributed by atoms with Gasteiger partial charge in [0.1, 0.15) is 0 Å². The SMILES string of the molecule is CCOCCC(CN)(c1ccccc1)C(C)O. The molecule has 0 aliphatic carbocycles. The Balaban J connectivity index is 2.92. The predicted octanol–water partition coefficient (Wildman–Crippen LogP) is 1.69. The van der Waals surface area contributed by atoms with Crippen LogP contribution in [0.25, 0.3) is 0 Å². The van der Waals surface area contributed by atoms with Crippen LogP contribution in [0.3, 0.4) is 0 Å². The van der Waals surface area contributed by atoms with Gasteiger partial charge in [-0.15, -0.1) is 0 Å². The molecule has 3 heteroatoms. The largest absolute Gasteiger partial charge is 0.392 e. The van der Waals surface area contributed by atoms with Crippen molar-refractivity contribution in [1.29, 1.82) is 0 Å². The first-order valence-corrected chi connectivity index (χ1v) is 6.18. The Labute approximate surface area is 104 Å². The average Bonchev–Trinajstić information content (AvgIpc) is 2.36. The van der Waals surface area contributed by atoms with Crippen LogP contribution < -0.4 is 5.73 Å². The molecule has 0 aromatic heterocycles. The highest BCUT2D eigenvalue weighted by Gasteiger charge is 2.35. The number of rotatable bonds is 7. The lowest BCUT2D eigenvalue weighted by molar-refractivity contribution is 0.0594. The molecule has 0 spiro atoms. The van der Waals surface area contributed by atoms with Gasteiger partial charge in [0, 0.05) is 25.2 Å². The lowest BCUT2D eigenvalue weighted by Gasteiger charge is -2.36. The molecule has 1 rings (SSSR count). The second-order valence-corrected chi connectivity index (χ2v) is 4.35. The third-order valence-electron chi connectivity index (χ3n) is 3.41. The van der Waals surface area contributed by atoms with Crippen molar-refractivity contribution < 1.29 is 9.84 Å². The van der Waals surface area contributed by atoms with Crippen molar-refractivity contribution in [1.82, 2.24) is 0 Å². The topological polar surface area (TPSA) is 55.5 Å². The fourth-order valence-electron chi connectivity index (χ4n) is 2.15. The number of aliphatic hydroxyl groups is 1. The number of ether oxygens (including phenoxy) is 1. The van der Waals surface area contributed by atoms with Gasteiger partial charge >= 0.3 is 0 Å². The molecule has 2 atom stereocenters. The van der Waals surface area contributed by atoms with E-state index in [1.165, 1.54) is 0 Å². The zero-order valence-corrected chi connectivity index (χ0v) is 10.7. The molecule has 1 aromatic carbocycles. The minimum atomic E-state index is -0.490. The summed E-state index contributed by atoms with van der Waals surface area (Å²) in [6, 6.07) is 9.96. The normalized spacial score (nSPS) is 16.5. The first-order chi connectivity index (χ1) is 8.17. The summed E-state index contributed by atoms with van der Waals surface area (Å²) in [5.74, 6) is 0. The number of aliphatic hydroxyl groups excluding tert-OH is 1. The molecule has 3 nitrogen and oxygen atoms in total. The van der Waals surface area contributed by atoms with Crippen LogP contribution in [0.2, 0.25) is 0 Å². The molecule has 0 fully saturated rings. The van der Waals surface area contributed by atoms with E-state index in [4.69, 9.17) is 10.5 Å². The summed E-state index contributed by atoms with van der Waals surface area (Å²) in [7, 11) is 0. The quantitative estimate of drug-likeness (QED) is 0.710. The minimum absolute atomic E-state index is 0.406. The lowest BCUT2D eigenvalue weighted by Crippen LogP contribution is -2.45. The Bertz CT molecular complexity index is 313. The fraction of sp³-hybridized carbons (Fsp3) is 0.571. The maximum absolute atomic E-state index is 10.1. The summed E-state index contributed by atoms with van der Waals surface area (Å²) in [6.07, 6.45) is 0.245. The highest BCUT2D eigenvalue weighted by Crippen LogP contribution is 2.31. The molecule has 0 saturated carbocycles. The maximum Gasteiger partial charge on any atom is 0.0621 e. The van der Waals surface area contributed by atoms with Crippen molar-refractivity contribution in [2.75, 3.05) is 19.8 Å². The molecule has 0 heterocycles. The van der Waals surface area contributed by atoms with Crippen molar-refractivity contribution in [2.45, 2.75) is 31.8 Å². The monoisotopic (exact) mass is 237 g/mol. The number of benzene rings is 1. The molecule has 0 amide bonds.